The van der Waals surface area contributed by atoms with Crippen LogP contribution in [-0.2, 0) is 10.1 Å². The van der Waals surface area contributed by atoms with Crippen molar-refractivity contribution in [1.82, 2.24) is 0 Å². The topological polar surface area (TPSA) is 74.6 Å². The molecule has 0 aromatic carbocycles. The molecule has 0 bridgehead atoms. The molecule has 2 N–H and O–H groups in total. The van der Waals surface area contributed by atoms with E-state index in [4.69, 9.17) is 9.66 Å². The highest BCUT2D eigenvalue weighted by Crippen LogP contribution is 2.09. The highest BCUT2D eigenvalue weighted by atomic mass is 32.2. The van der Waals surface area contributed by atoms with Crippen LogP contribution in [0.15, 0.2) is 24.3 Å². The van der Waals surface area contributed by atoms with E-state index in [1.54, 1.807) is 0 Å². The van der Waals surface area contributed by atoms with Crippen LogP contribution in [0.4, 0.5) is 0 Å². The largest absolute Gasteiger partial charge is 0.396 e. The van der Waals surface area contributed by atoms with Crippen LogP contribution in [0.3, 0.4) is 0 Å². The van der Waals surface area contributed by atoms with Gasteiger partial charge in [0.15, 0.2) is 0 Å². The maximum Gasteiger partial charge on any atom is 0.264 e. The van der Waals surface area contributed by atoms with Crippen LogP contribution in [-0.4, -0.2) is 30.4 Å². The van der Waals surface area contributed by atoms with Crippen molar-refractivity contribution in [3.63, 3.8) is 0 Å². The first-order valence-corrected chi connectivity index (χ1v) is 10.5. The summed E-state index contributed by atoms with van der Waals surface area (Å²) in [4.78, 5) is 0. The highest BCUT2D eigenvalue weighted by Gasteiger charge is 2.01. The number of allylic oxidation sites excluding steroid dienone is 4. The van der Waals surface area contributed by atoms with E-state index in [0.29, 0.717) is 19.4 Å². The minimum Gasteiger partial charge on any atom is -0.396 e. The standard InChI is InChI=1S/C18H34O4S/c19-17-15-13-11-9-7-5-3-1-2-4-6-8-10-12-14-16-18-23(20,21)22/h7,9-10,12,19H,1-6,8,11,13-18H2,(H,20,21,22)/b9-7-,12-10-. The first kappa shape index (κ1) is 22.4. The van der Waals surface area contributed by atoms with Crippen molar-refractivity contribution in [3.8, 4) is 0 Å². The second kappa shape index (κ2) is 16.2. The Labute approximate surface area is 142 Å². The van der Waals surface area contributed by atoms with E-state index in [9.17, 15) is 8.42 Å². The number of aliphatic hydroxyl groups excluding tert-OH is 1. The predicted octanol–water partition coefficient (Wildman–Crippen LogP) is 4.66. The van der Waals surface area contributed by atoms with Gasteiger partial charge in [0.2, 0.25) is 0 Å². The van der Waals surface area contributed by atoms with E-state index in [2.05, 4.69) is 18.2 Å². The molecule has 0 amide bonds. The summed E-state index contributed by atoms with van der Waals surface area (Å²) in [7, 11) is -3.79. The minimum atomic E-state index is -3.79. The summed E-state index contributed by atoms with van der Waals surface area (Å²) in [5, 5.41) is 8.65. The molecule has 23 heavy (non-hydrogen) atoms. The molecular weight excluding hydrogens is 312 g/mol. The maximum atomic E-state index is 10.5. The molecule has 0 atom stereocenters. The van der Waals surface area contributed by atoms with E-state index >= 15 is 0 Å². The van der Waals surface area contributed by atoms with Gasteiger partial charge in [-0.3, -0.25) is 4.55 Å². The lowest BCUT2D eigenvalue weighted by atomic mass is 10.1. The van der Waals surface area contributed by atoms with Gasteiger partial charge >= 0.3 is 0 Å². The van der Waals surface area contributed by atoms with E-state index in [0.717, 1.165) is 32.1 Å². The van der Waals surface area contributed by atoms with E-state index in [1.807, 2.05) is 6.08 Å². The van der Waals surface area contributed by atoms with Crippen molar-refractivity contribution in [1.29, 1.82) is 0 Å². The molecule has 0 radical (unpaired) electrons. The van der Waals surface area contributed by atoms with Gasteiger partial charge in [-0.1, -0.05) is 43.6 Å². The number of hydrogen-bond acceptors (Lipinski definition) is 3. The van der Waals surface area contributed by atoms with Crippen LogP contribution in [0.25, 0.3) is 0 Å². The Morgan fingerprint density at radius 1 is 0.609 bits per heavy atom. The Morgan fingerprint density at radius 2 is 1.00 bits per heavy atom. The molecule has 0 saturated heterocycles. The van der Waals surface area contributed by atoms with Crippen LogP contribution in [0.5, 0.6) is 0 Å². The van der Waals surface area contributed by atoms with Crippen molar-refractivity contribution in [3.05, 3.63) is 24.3 Å². The molecule has 0 aliphatic carbocycles. The molecule has 0 heterocycles. The van der Waals surface area contributed by atoms with E-state index in [1.165, 1.54) is 32.1 Å². The molecule has 0 aliphatic heterocycles. The summed E-state index contributed by atoms with van der Waals surface area (Å²) in [5.74, 6) is -0.146. The fourth-order valence-electron chi connectivity index (χ4n) is 2.28. The Balaban J connectivity index is 3.21. The molecule has 0 rings (SSSR count). The monoisotopic (exact) mass is 346 g/mol. The molecule has 0 fully saturated rings. The predicted molar refractivity (Wildman–Crippen MR) is 97.2 cm³/mol. The van der Waals surface area contributed by atoms with Gasteiger partial charge in [0.05, 0.1) is 5.75 Å². The molecule has 0 aromatic rings. The third kappa shape index (κ3) is 21.4. The lowest BCUT2D eigenvalue weighted by Crippen LogP contribution is -2.02. The van der Waals surface area contributed by atoms with Crippen molar-refractivity contribution < 1.29 is 18.1 Å². The summed E-state index contributed by atoms with van der Waals surface area (Å²) >= 11 is 0. The number of hydrogen-bond donors (Lipinski definition) is 2. The fourth-order valence-corrected chi connectivity index (χ4v) is 2.82. The smallest absolute Gasteiger partial charge is 0.264 e. The normalized spacial score (nSPS) is 12.6. The van der Waals surface area contributed by atoms with Crippen molar-refractivity contribution in [2.75, 3.05) is 12.4 Å². The molecule has 0 spiro atoms. The van der Waals surface area contributed by atoms with E-state index < -0.39 is 10.1 Å². The second-order valence-corrected chi connectivity index (χ2v) is 7.51. The Kier molecular flexibility index (Phi) is 15.8. The molecule has 136 valence electrons. The van der Waals surface area contributed by atoms with Gasteiger partial charge in [-0.2, -0.15) is 8.42 Å². The summed E-state index contributed by atoms with van der Waals surface area (Å²) < 4.78 is 29.6. The molecule has 0 saturated carbocycles. The lowest BCUT2D eigenvalue weighted by Gasteiger charge is -1.98. The molecule has 5 heteroatoms. The molecule has 0 aromatic heterocycles. The van der Waals surface area contributed by atoms with Gasteiger partial charge in [-0.25, -0.2) is 0 Å². The third-order valence-electron chi connectivity index (χ3n) is 3.63. The van der Waals surface area contributed by atoms with Gasteiger partial charge in [0.25, 0.3) is 10.1 Å². The maximum absolute atomic E-state index is 10.5. The zero-order chi connectivity index (χ0) is 17.2. The molecule has 0 unspecified atom stereocenters. The Morgan fingerprint density at radius 3 is 1.43 bits per heavy atom. The van der Waals surface area contributed by atoms with Crippen LogP contribution >= 0.6 is 0 Å². The number of unbranched alkanes of at least 4 members (excludes halogenated alkanes) is 9. The molecular formula is C18H34O4S. The highest BCUT2D eigenvalue weighted by molar-refractivity contribution is 7.85. The minimum absolute atomic E-state index is 0.146. The number of aliphatic hydroxyl groups is 1. The average molecular weight is 347 g/mol. The summed E-state index contributed by atoms with van der Waals surface area (Å²) in [6.07, 6.45) is 21.3. The van der Waals surface area contributed by atoms with Gasteiger partial charge in [-0.15, -0.1) is 0 Å². The Hall–Kier alpha value is -0.650. The first-order valence-electron chi connectivity index (χ1n) is 8.92. The van der Waals surface area contributed by atoms with Gasteiger partial charge in [-0.05, 0) is 57.8 Å². The van der Waals surface area contributed by atoms with Crippen molar-refractivity contribution >= 4 is 10.1 Å². The van der Waals surface area contributed by atoms with Crippen LogP contribution in [0.1, 0.15) is 77.0 Å². The second-order valence-electron chi connectivity index (χ2n) is 5.94. The van der Waals surface area contributed by atoms with Crippen LogP contribution in [0.2, 0.25) is 0 Å². The lowest BCUT2D eigenvalue weighted by molar-refractivity contribution is 0.285. The molecule has 0 aliphatic rings. The summed E-state index contributed by atoms with van der Waals surface area (Å²) in [5.41, 5.74) is 0. The van der Waals surface area contributed by atoms with Crippen LogP contribution in [0, 0.1) is 0 Å². The zero-order valence-corrected chi connectivity index (χ0v) is 15.1. The number of rotatable bonds is 16. The van der Waals surface area contributed by atoms with Gasteiger partial charge < -0.3 is 5.11 Å². The van der Waals surface area contributed by atoms with Gasteiger partial charge in [0, 0.05) is 6.61 Å². The quantitative estimate of drug-likeness (QED) is 0.242. The van der Waals surface area contributed by atoms with Crippen molar-refractivity contribution in [2.24, 2.45) is 0 Å². The van der Waals surface area contributed by atoms with Gasteiger partial charge in [0.1, 0.15) is 0 Å². The first-order chi connectivity index (χ1) is 11.1. The molecule has 4 nitrogen and oxygen atoms in total. The third-order valence-corrected chi connectivity index (χ3v) is 4.43. The average Bonchev–Trinajstić information content (AvgIpc) is 2.49. The van der Waals surface area contributed by atoms with Crippen LogP contribution < -0.4 is 0 Å². The summed E-state index contributed by atoms with van der Waals surface area (Å²) in [6.45, 7) is 0.299. The van der Waals surface area contributed by atoms with Crippen molar-refractivity contribution in [2.45, 2.75) is 77.0 Å². The summed E-state index contributed by atoms with van der Waals surface area (Å²) in [6, 6.07) is 0. The van der Waals surface area contributed by atoms with E-state index in [-0.39, 0.29) is 5.75 Å². The Bertz CT molecular complexity index is 399. The SMILES string of the molecule is O=S(=O)(O)CCC/C=C\CCCCCCC/C=C\CCCCO. The fraction of sp³-hybridized carbons (Fsp3) is 0.778. The zero-order valence-electron chi connectivity index (χ0n) is 14.3.